The summed E-state index contributed by atoms with van der Waals surface area (Å²) in [6.07, 6.45) is 0.761. The van der Waals surface area contributed by atoms with Gasteiger partial charge in [-0.15, -0.1) is 11.3 Å². The van der Waals surface area contributed by atoms with Gasteiger partial charge in [0.15, 0.2) is 5.13 Å². The van der Waals surface area contributed by atoms with Gasteiger partial charge in [0.2, 0.25) is 5.91 Å². The molecule has 5 aromatic rings. The summed E-state index contributed by atoms with van der Waals surface area (Å²) < 4.78 is 5.48. The Morgan fingerprint density at radius 1 is 0.911 bits per heavy atom. The second-order valence-corrected chi connectivity index (χ2v) is 12.9. The molecule has 0 aliphatic heterocycles. The average molecular weight is 614 g/mol. The number of carbonyl (C=O) groups excluding carboxylic acids is 2. The molecule has 7 heteroatoms. The lowest BCUT2D eigenvalue weighted by Gasteiger charge is -2.50. The van der Waals surface area contributed by atoms with Crippen LogP contribution in [-0.2, 0) is 11.3 Å². The second kappa shape index (κ2) is 11.6. The first-order valence-corrected chi connectivity index (χ1v) is 16.3. The number of benzene rings is 4. The van der Waals surface area contributed by atoms with E-state index in [4.69, 9.17) is 9.72 Å². The zero-order valence-corrected chi connectivity index (χ0v) is 26.4. The fourth-order valence-corrected chi connectivity index (χ4v) is 7.94. The van der Waals surface area contributed by atoms with Crippen molar-refractivity contribution in [2.45, 2.75) is 38.6 Å². The van der Waals surface area contributed by atoms with E-state index in [1.807, 2.05) is 60.8 Å². The Bertz CT molecular complexity index is 1850. The number of anilines is 1. The molecule has 1 unspecified atom stereocenters. The van der Waals surface area contributed by atoms with Crippen LogP contribution in [0.2, 0.25) is 0 Å². The molecule has 45 heavy (non-hydrogen) atoms. The lowest BCUT2D eigenvalue weighted by Crippen LogP contribution is -2.47. The molecule has 226 valence electrons. The minimum atomic E-state index is -0.601. The molecule has 0 saturated carbocycles. The third kappa shape index (κ3) is 5.01. The molecule has 8 rings (SSSR count). The molecule has 1 heterocycles. The van der Waals surface area contributed by atoms with Gasteiger partial charge >= 0.3 is 0 Å². The van der Waals surface area contributed by atoms with Crippen LogP contribution < -0.4 is 10.1 Å². The molecule has 0 saturated heterocycles. The highest BCUT2D eigenvalue weighted by molar-refractivity contribution is 7.14. The molecule has 4 aromatic carbocycles. The Labute approximate surface area is 267 Å². The topological polar surface area (TPSA) is 71.5 Å². The van der Waals surface area contributed by atoms with E-state index in [0.29, 0.717) is 23.8 Å². The van der Waals surface area contributed by atoms with Crippen molar-refractivity contribution in [1.82, 2.24) is 9.88 Å². The van der Waals surface area contributed by atoms with Crippen LogP contribution in [0.25, 0.3) is 11.3 Å². The lowest BCUT2D eigenvalue weighted by molar-refractivity contribution is -0.126. The Balaban J connectivity index is 1.07. The number of para-hydroxylation sites is 1. The molecule has 0 fully saturated rings. The van der Waals surface area contributed by atoms with Gasteiger partial charge in [0.05, 0.1) is 18.2 Å². The number of nitrogens with zero attached hydrogens (tertiary/aromatic N) is 2. The van der Waals surface area contributed by atoms with Crippen molar-refractivity contribution in [3.8, 4) is 17.0 Å². The van der Waals surface area contributed by atoms with E-state index in [1.165, 1.54) is 33.6 Å². The average Bonchev–Trinajstić information content (AvgIpc) is 3.55. The van der Waals surface area contributed by atoms with E-state index in [9.17, 15) is 9.59 Å². The maximum absolute atomic E-state index is 14.0. The zero-order chi connectivity index (χ0) is 31.1. The first-order valence-electron chi connectivity index (χ1n) is 15.4. The summed E-state index contributed by atoms with van der Waals surface area (Å²) in [5, 5.41) is 5.70. The molecule has 1 N–H and O–H groups in total. The molecule has 0 radical (unpaired) electrons. The lowest BCUT2D eigenvalue weighted by atomic mass is 9.52. The number of ether oxygens (including phenoxy) is 1. The monoisotopic (exact) mass is 613 g/mol. The predicted molar refractivity (Wildman–Crippen MR) is 179 cm³/mol. The van der Waals surface area contributed by atoms with Gasteiger partial charge in [0.25, 0.3) is 5.91 Å². The van der Waals surface area contributed by atoms with E-state index < -0.39 is 5.41 Å². The number of amides is 2. The highest BCUT2D eigenvalue weighted by atomic mass is 32.1. The molecule has 3 aliphatic carbocycles. The van der Waals surface area contributed by atoms with Crippen LogP contribution >= 0.6 is 11.3 Å². The number of fused-ring (bicyclic) bond motifs is 1. The largest absolute Gasteiger partial charge is 0.496 e. The molecule has 0 spiro atoms. The number of rotatable bonds is 8. The number of carbonyl (C=O) groups is 2. The second-order valence-electron chi connectivity index (χ2n) is 12.1. The number of thiazole rings is 1. The molecule has 1 atom stereocenters. The Hall–Kier alpha value is -4.75. The van der Waals surface area contributed by atoms with Gasteiger partial charge in [0.1, 0.15) is 5.75 Å². The van der Waals surface area contributed by atoms with Crippen molar-refractivity contribution in [2.75, 3.05) is 19.0 Å². The minimum Gasteiger partial charge on any atom is -0.496 e. The Morgan fingerprint density at radius 3 is 2.18 bits per heavy atom. The van der Waals surface area contributed by atoms with Gasteiger partial charge in [-0.05, 0) is 60.7 Å². The zero-order valence-electron chi connectivity index (χ0n) is 25.6. The molecular formula is C38H35N3O3S. The maximum atomic E-state index is 14.0. The van der Waals surface area contributed by atoms with Crippen molar-refractivity contribution < 1.29 is 14.3 Å². The van der Waals surface area contributed by atoms with Crippen LogP contribution in [0.5, 0.6) is 5.75 Å². The number of methoxy groups -OCH3 is 1. The highest BCUT2D eigenvalue weighted by Gasteiger charge is 2.54. The molecule has 6 nitrogen and oxygen atoms in total. The van der Waals surface area contributed by atoms with E-state index >= 15 is 0 Å². The van der Waals surface area contributed by atoms with Gasteiger partial charge in [-0.1, -0.05) is 78.9 Å². The fourth-order valence-electron chi connectivity index (χ4n) is 7.23. The Morgan fingerprint density at radius 2 is 1.53 bits per heavy atom. The van der Waals surface area contributed by atoms with Crippen LogP contribution in [-0.4, -0.2) is 35.4 Å². The molecular weight excluding hydrogens is 579 g/mol. The van der Waals surface area contributed by atoms with E-state index in [2.05, 4.69) is 60.8 Å². The normalized spacial score (nSPS) is 19.4. The summed E-state index contributed by atoms with van der Waals surface area (Å²) in [4.78, 5) is 34.0. The summed E-state index contributed by atoms with van der Waals surface area (Å²) in [6.45, 7) is 5.12. The van der Waals surface area contributed by atoms with Gasteiger partial charge in [-0.2, -0.15) is 0 Å². The van der Waals surface area contributed by atoms with Gasteiger partial charge in [-0.25, -0.2) is 4.98 Å². The maximum Gasteiger partial charge on any atom is 0.254 e. The van der Waals surface area contributed by atoms with Gasteiger partial charge in [-0.3, -0.25) is 9.59 Å². The van der Waals surface area contributed by atoms with Gasteiger partial charge in [0, 0.05) is 47.0 Å². The number of hydrogen-bond donors (Lipinski definition) is 1. The van der Waals surface area contributed by atoms with Crippen LogP contribution in [0, 0.1) is 5.41 Å². The minimum absolute atomic E-state index is 0.00180. The standard InChI is InChI=1S/C38H35N3O3S/c1-4-41(22-26-11-5-10-16-33(26)44-3)35(42)25-19-17-24(18-20-25)32-23-45-37(39-32)40-36(43)38(2)21-31-27-12-6-8-14-29(27)34(38)30-15-9-7-13-28(30)31/h5-20,23,31,34H,4,21-22H2,1-3H3,(H,39,40,43). The smallest absolute Gasteiger partial charge is 0.254 e. The summed E-state index contributed by atoms with van der Waals surface area (Å²) in [5.74, 6) is 0.914. The van der Waals surface area contributed by atoms with E-state index in [-0.39, 0.29) is 23.7 Å². The van der Waals surface area contributed by atoms with E-state index in [1.54, 1.807) is 12.0 Å². The fraction of sp³-hybridized carbons (Fsp3) is 0.237. The summed E-state index contributed by atoms with van der Waals surface area (Å²) in [7, 11) is 1.64. The third-order valence-electron chi connectivity index (χ3n) is 9.52. The van der Waals surface area contributed by atoms with Crippen LogP contribution in [0.15, 0.2) is 102 Å². The summed E-state index contributed by atoms with van der Waals surface area (Å²) >= 11 is 1.42. The Kier molecular flexibility index (Phi) is 7.50. The molecule has 2 bridgehead atoms. The number of aromatic nitrogens is 1. The third-order valence-corrected chi connectivity index (χ3v) is 10.3. The van der Waals surface area contributed by atoms with E-state index in [0.717, 1.165) is 29.0 Å². The van der Waals surface area contributed by atoms with Crippen molar-refractivity contribution in [3.63, 3.8) is 0 Å². The van der Waals surface area contributed by atoms with Crippen molar-refractivity contribution in [2.24, 2.45) is 5.41 Å². The van der Waals surface area contributed by atoms with Crippen LogP contribution in [0.1, 0.15) is 70.3 Å². The first-order chi connectivity index (χ1) is 21.9. The molecule has 3 aliphatic rings. The van der Waals surface area contributed by atoms with Crippen LogP contribution in [0.3, 0.4) is 0 Å². The highest BCUT2D eigenvalue weighted by Crippen LogP contribution is 2.61. The van der Waals surface area contributed by atoms with Crippen LogP contribution in [0.4, 0.5) is 5.13 Å². The SMILES string of the molecule is CCN(Cc1ccccc1OC)C(=O)c1ccc(-c2csc(NC(=O)C3(C)CC4c5ccccc5C3c3ccccc34)n2)cc1. The van der Waals surface area contributed by atoms with Crippen molar-refractivity contribution in [3.05, 3.63) is 136 Å². The number of nitrogens with one attached hydrogen (secondary N) is 1. The molecule has 2 amide bonds. The summed E-state index contributed by atoms with van der Waals surface area (Å²) in [6, 6.07) is 32.4. The van der Waals surface area contributed by atoms with Gasteiger partial charge < -0.3 is 15.0 Å². The summed E-state index contributed by atoms with van der Waals surface area (Å²) in [5.41, 5.74) is 7.82. The number of hydrogen-bond acceptors (Lipinski definition) is 5. The van der Waals surface area contributed by atoms with Crippen molar-refractivity contribution in [1.29, 1.82) is 0 Å². The predicted octanol–water partition coefficient (Wildman–Crippen LogP) is 8.11. The quantitative estimate of drug-likeness (QED) is 0.192. The van der Waals surface area contributed by atoms with Crippen molar-refractivity contribution >= 4 is 28.3 Å². The first kappa shape index (κ1) is 29.0. The molecule has 1 aromatic heterocycles.